The fraction of sp³-hybridized carbons (Fsp3) is 0.167. The molecule has 2 N–H and O–H groups in total. The summed E-state index contributed by atoms with van der Waals surface area (Å²) in [5.74, 6) is -1.02. The van der Waals surface area contributed by atoms with E-state index in [-0.39, 0.29) is 11.4 Å². The van der Waals surface area contributed by atoms with Crippen LogP contribution in [-0.2, 0) is 6.42 Å². The zero-order valence-electron chi connectivity index (χ0n) is 9.67. The number of hydrogen-bond acceptors (Lipinski definition) is 4. The van der Waals surface area contributed by atoms with Crippen molar-refractivity contribution in [1.29, 1.82) is 0 Å². The first-order valence-electron chi connectivity index (χ1n) is 5.40. The molecule has 92 valence electrons. The average Bonchev–Trinajstić information content (AvgIpc) is 2.38. The van der Waals surface area contributed by atoms with E-state index in [0.29, 0.717) is 5.69 Å². The monoisotopic (exact) mass is 245 g/mol. The van der Waals surface area contributed by atoms with E-state index in [4.69, 9.17) is 5.11 Å². The first-order chi connectivity index (χ1) is 8.63. The number of H-pyrrole nitrogens is 1. The fourth-order valence-electron chi connectivity index (χ4n) is 1.60. The Morgan fingerprint density at radius 2 is 2.22 bits per heavy atom. The summed E-state index contributed by atoms with van der Waals surface area (Å²) in [6.07, 6.45) is 3.39. The normalized spacial score (nSPS) is 10.3. The van der Waals surface area contributed by atoms with Crippen LogP contribution in [0.15, 0.2) is 29.3 Å². The summed E-state index contributed by atoms with van der Waals surface area (Å²) in [5, 5.41) is 8.75. The van der Waals surface area contributed by atoms with Crippen molar-refractivity contribution in [3.8, 4) is 11.5 Å². The zero-order valence-corrected chi connectivity index (χ0v) is 9.67. The smallest absolute Gasteiger partial charge is 0.342 e. The third kappa shape index (κ3) is 2.13. The van der Waals surface area contributed by atoms with Crippen LogP contribution in [0.5, 0.6) is 0 Å². The van der Waals surface area contributed by atoms with Crippen molar-refractivity contribution in [2.24, 2.45) is 0 Å². The van der Waals surface area contributed by atoms with Crippen LogP contribution < -0.4 is 5.56 Å². The average molecular weight is 245 g/mol. The van der Waals surface area contributed by atoms with Crippen molar-refractivity contribution < 1.29 is 9.90 Å². The van der Waals surface area contributed by atoms with Gasteiger partial charge in [0.25, 0.3) is 5.56 Å². The summed E-state index contributed by atoms with van der Waals surface area (Å²) in [7, 11) is 0. The summed E-state index contributed by atoms with van der Waals surface area (Å²) >= 11 is 0. The van der Waals surface area contributed by atoms with E-state index >= 15 is 0 Å². The molecule has 2 aromatic heterocycles. The van der Waals surface area contributed by atoms with Crippen molar-refractivity contribution in [2.45, 2.75) is 13.3 Å². The first-order valence-corrected chi connectivity index (χ1v) is 5.40. The van der Waals surface area contributed by atoms with Crippen molar-refractivity contribution in [1.82, 2.24) is 15.0 Å². The molecule has 0 aliphatic rings. The van der Waals surface area contributed by atoms with Gasteiger partial charge in [-0.25, -0.2) is 9.78 Å². The van der Waals surface area contributed by atoms with E-state index in [9.17, 15) is 9.59 Å². The summed E-state index contributed by atoms with van der Waals surface area (Å²) in [4.78, 5) is 32.8. The van der Waals surface area contributed by atoms with Gasteiger partial charge in [0, 0.05) is 12.4 Å². The lowest BCUT2D eigenvalue weighted by Gasteiger charge is -2.05. The van der Waals surface area contributed by atoms with Gasteiger partial charge < -0.3 is 10.1 Å². The number of carbonyl (C=O) groups is 1. The lowest BCUT2D eigenvalue weighted by atomic mass is 10.1. The van der Waals surface area contributed by atoms with E-state index < -0.39 is 11.5 Å². The molecular weight excluding hydrogens is 234 g/mol. The predicted molar refractivity (Wildman–Crippen MR) is 64.4 cm³/mol. The topological polar surface area (TPSA) is 95.9 Å². The molecule has 0 amide bonds. The molecular formula is C12H11N3O3. The second-order valence-electron chi connectivity index (χ2n) is 3.64. The van der Waals surface area contributed by atoms with Gasteiger partial charge in [-0.15, -0.1) is 0 Å². The Bertz CT molecular complexity index is 649. The van der Waals surface area contributed by atoms with E-state index in [0.717, 1.165) is 18.2 Å². The fourth-order valence-corrected chi connectivity index (χ4v) is 1.60. The molecule has 2 aromatic rings. The number of aromatic amines is 1. The Kier molecular flexibility index (Phi) is 3.18. The lowest BCUT2D eigenvalue weighted by molar-refractivity contribution is 0.0694. The highest BCUT2D eigenvalue weighted by molar-refractivity contribution is 5.86. The second-order valence-corrected chi connectivity index (χ2v) is 3.64. The highest BCUT2D eigenvalue weighted by atomic mass is 16.4. The van der Waals surface area contributed by atoms with Crippen LogP contribution in [-0.4, -0.2) is 26.0 Å². The maximum absolute atomic E-state index is 11.6. The summed E-state index contributed by atoms with van der Waals surface area (Å²) in [6, 6.07) is 3.68. The molecule has 6 nitrogen and oxygen atoms in total. The Balaban J connectivity index is 2.56. The molecule has 6 heteroatoms. The largest absolute Gasteiger partial charge is 0.477 e. The van der Waals surface area contributed by atoms with Gasteiger partial charge in [0.15, 0.2) is 5.82 Å². The van der Waals surface area contributed by atoms with Gasteiger partial charge in [0.05, 0.1) is 0 Å². The molecule has 0 aromatic carbocycles. The molecule has 0 aliphatic carbocycles. The number of aromatic nitrogens is 3. The maximum atomic E-state index is 11.6. The molecule has 0 bridgehead atoms. The molecule has 0 atom stereocenters. The third-order valence-corrected chi connectivity index (χ3v) is 2.53. The minimum absolute atomic E-state index is 0.280. The summed E-state index contributed by atoms with van der Waals surface area (Å²) in [6.45, 7) is 1.96. The molecule has 0 spiro atoms. The predicted octanol–water partition coefficient (Wildman–Crippen LogP) is 1.09. The quantitative estimate of drug-likeness (QED) is 0.843. The Labute approximate surface area is 102 Å². The number of aryl methyl sites for hydroxylation is 1. The van der Waals surface area contributed by atoms with Gasteiger partial charge in [0.2, 0.25) is 0 Å². The van der Waals surface area contributed by atoms with E-state index in [1.807, 2.05) is 13.0 Å². The number of nitrogens with one attached hydrogen (secondary N) is 1. The van der Waals surface area contributed by atoms with Gasteiger partial charge in [-0.2, -0.15) is 0 Å². The highest BCUT2D eigenvalue weighted by Crippen LogP contribution is 2.16. The van der Waals surface area contributed by atoms with Gasteiger partial charge in [-0.1, -0.05) is 13.0 Å². The van der Waals surface area contributed by atoms with E-state index in [1.165, 1.54) is 0 Å². The molecule has 0 fully saturated rings. The van der Waals surface area contributed by atoms with Crippen LogP contribution in [0.2, 0.25) is 0 Å². The van der Waals surface area contributed by atoms with Gasteiger partial charge in [-0.05, 0) is 18.1 Å². The standard InChI is InChI=1S/C12H11N3O3/c1-2-7-4-3-5-13-9(7)10-14-6-8(12(17)18)11(16)15-10/h3-6H,2H2,1H3,(H,17,18)(H,14,15,16). The summed E-state index contributed by atoms with van der Waals surface area (Å²) in [5.41, 5.74) is 0.436. The third-order valence-electron chi connectivity index (χ3n) is 2.53. The number of hydrogen-bond donors (Lipinski definition) is 2. The Morgan fingerprint density at radius 1 is 1.44 bits per heavy atom. The Hall–Kier alpha value is -2.50. The lowest BCUT2D eigenvalue weighted by Crippen LogP contribution is -2.19. The molecule has 0 saturated carbocycles. The van der Waals surface area contributed by atoms with Crippen LogP contribution in [0.1, 0.15) is 22.8 Å². The number of carboxylic acids is 1. The molecule has 0 unspecified atom stereocenters. The van der Waals surface area contributed by atoms with E-state index in [1.54, 1.807) is 12.3 Å². The zero-order chi connectivity index (χ0) is 13.1. The van der Waals surface area contributed by atoms with Crippen LogP contribution >= 0.6 is 0 Å². The van der Waals surface area contributed by atoms with Crippen LogP contribution in [0.3, 0.4) is 0 Å². The second kappa shape index (κ2) is 4.79. The van der Waals surface area contributed by atoms with Gasteiger partial charge >= 0.3 is 5.97 Å². The van der Waals surface area contributed by atoms with E-state index in [2.05, 4.69) is 15.0 Å². The number of rotatable bonds is 3. The molecule has 0 aliphatic heterocycles. The molecule has 2 rings (SSSR count). The van der Waals surface area contributed by atoms with Crippen molar-refractivity contribution >= 4 is 5.97 Å². The minimum Gasteiger partial charge on any atom is -0.477 e. The summed E-state index contributed by atoms with van der Waals surface area (Å²) < 4.78 is 0. The number of pyridine rings is 1. The molecule has 18 heavy (non-hydrogen) atoms. The highest BCUT2D eigenvalue weighted by Gasteiger charge is 2.12. The minimum atomic E-state index is -1.30. The van der Waals surface area contributed by atoms with Crippen LogP contribution in [0.4, 0.5) is 0 Å². The Morgan fingerprint density at radius 3 is 2.83 bits per heavy atom. The van der Waals surface area contributed by atoms with Crippen molar-refractivity contribution in [2.75, 3.05) is 0 Å². The number of carboxylic acid groups (broad SMARTS) is 1. The van der Waals surface area contributed by atoms with Crippen LogP contribution in [0, 0.1) is 0 Å². The van der Waals surface area contributed by atoms with Crippen molar-refractivity contribution in [3.05, 3.63) is 46.0 Å². The molecule has 0 radical (unpaired) electrons. The SMILES string of the molecule is CCc1cccnc1-c1ncc(C(=O)O)c(=O)[nH]1. The molecule has 2 heterocycles. The number of aromatic carboxylic acids is 1. The van der Waals surface area contributed by atoms with Gasteiger partial charge in [-0.3, -0.25) is 9.78 Å². The molecule has 0 saturated heterocycles. The first kappa shape index (κ1) is 12.0. The van der Waals surface area contributed by atoms with Gasteiger partial charge in [0.1, 0.15) is 11.3 Å². The van der Waals surface area contributed by atoms with Crippen LogP contribution in [0.25, 0.3) is 11.5 Å². The van der Waals surface area contributed by atoms with Crippen molar-refractivity contribution in [3.63, 3.8) is 0 Å². The maximum Gasteiger partial charge on any atom is 0.342 e. The number of nitrogens with zero attached hydrogens (tertiary/aromatic N) is 2.